The standard InChI is InChI=1S/C18H25NO2/c1-3-8-16-14(4-2)11-12-18(21)19(16)17(13-20)15-9-6-5-7-10-15/h3,5-7,9-10,14,16-17,20H,1,4,8,11-13H2,2H3/t14-,16-,17+/m1/s1. The van der Waals surface area contributed by atoms with Crippen LogP contribution in [0.1, 0.15) is 44.2 Å². The fraction of sp³-hybridized carbons (Fsp3) is 0.500. The van der Waals surface area contributed by atoms with E-state index in [1.807, 2.05) is 41.3 Å². The molecule has 0 aromatic heterocycles. The maximum Gasteiger partial charge on any atom is 0.223 e. The average Bonchev–Trinajstić information content (AvgIpc) is 2.52. The molecule has 1 aromatic rings. The third kappa shape index (κ3) is 3.35. The summed E-state index contributed by atoms with van der Waals surface area (Å²) in [4.78, 5) is 14.4. The fourth-order valence-corrected chi connectivity index (χ4v) is 3.43. The Hall–Kier alpha value is -1.61. The van der Waals surface area contributed by atoms with Gasteiger partial charge in [-0.1, -0.05) is 49.8 Å². The Bertz CT molecular complexity index is 471. The molecule has 3 heteroatoms. The van der Waals surface area contributed by atoms with Crippen LogP contribution in [0.4, 0.5) is 0 Å². The zero-order chi connectivity index (χ0) is 15.2. The Labute approximate surface area is 127 Å². The second-order valence-corrected chi connectivity index (χ2v) is 5.71. The lowest BCUT2D eigenvalue weighted by Crippen LogP contribution is -2.50. The lowest BCUT2D eigenvalue weighted by Gasteiger charge is -2.44. The van der Waals surface area contributed by atoms with Gasteiger partial charge < -0.3 is 10.0 Å². The molecular formula is C18H25NO2. The van der Waals surface area contributed by atoms with Crippen molar-refractivity contribution in [2.45, 2.75) is 44.7 Å². The highest BCUT2D eigenvalue weighted by atomic mass is 16.3. The van der Waals surface area contributed by atoms with Gasteiger partial charge in [0.05, 0.1) is 12.6 Å². The van der Waals surface area contributed by atoms with Crippen LogP contribution in [0.3, 0.4) is 0 Å². The summed E-state index contributed by atoms with van der Waals surface area (Å²) in [6.45, 7) is 5.97. The molecule has 3 atom stereocenters. The molecule has 1 amide bonds. The first-order chi connectivity index (χ1) is 10.2. The van der Waals surface area contributed by atoms with Gasteiger partial charge in [0.15, 0.2) is 0 Å². The monoisotopic (exact) mass is 287 g/mol. The number of aliphatic hydroxyl groups is 1. The van der Waals surface area contributed by atoms with E-state index >= 15 is 0 Å². The van der Waals surface area contributed by atoms with Crippen LogP contribution in [0.15, 0.2) is 43.0 Å². The number of amides is 1. The van der Waals surface area contributed by atoms with Crippen LogP contribution < -0.4 is 0 Å². The number of hydrogen-bond acceptors (Lipinski definition) is 2. The smallest absolute Gasteiger partial charge is 0.223 e. The van der Waals surface area contributed by atoms with Crippen molar-refractivity contribution in [3.8, 4) is 0 Å². The Morgan fingerprint density at radius 1 is 1.43 bits per heavy atom. The molecule has 1 saturated heterocycles. The van der Waals surface area contributed by atoms with Gasteiger partial charge in [-0.3, -0.25) is 4.79 Å². The molecule has 1 aliphatic heterocycles. The number of likely N-dealkylation sites (tertiary alicyclic amines) is 1. The van der Waals surface area contributed by atoms with Crippen molar-refractivity contribution in [3.63, 3.8) is 0 Å². The molecule has 0 radical (unpaired) electrons. The van der Waals surface area contributed by atoms with Crippen LogP contribution in [0, 0.1) is 5.92 Å². The predicted molar refractivity (Wildman–Crippen MR) is 84.7 cm³/mol. The molecule has 1 aliphatic rings. The first-order valence-electron chi connectivity index (χ1n) is 7.80. The number of piperidine rings is 1. The number of rotatable bonds is 6. The third-order valence-electron chi connectivity index (χ3n) is 4.54. The number of nitrogens with zero attached hydrogens (tertiary/aromatic N) is 1. The molecule has 0 spiro atoms. The average molecular weight is 287 g/mol. The van der Waals surface area contributed by atoms with Gasteiger partial charge in [0.25, 0.3) is 0 Å². The normalized spacial score (nSPS) is 23.9. The fourth-order valence-electron chi connectivity index (χ4n) is 3.43. The molecular weight excluding hydrogens is 262 g/mol. The van der Waals surface area contributed by atoms with Gasteiger partial charge in [0, 0.05) is 12.5 Å². The molecule has 114 valence electrons. The highest BCUT2D eigenvalue weighted by Crippen LogP contribution is 2.35. The highest BCUT2D eigenvalue weighted by Gasteiger charge is 2.38. The summed E-state index contributed by atoms with van der Waals surface area (Å²) in [6.07, 6.45) is 5.24. The van der Waals surface area contributed by atoms with E-state index < -0.39 is 0 Å². The van der Waals surface area contributed by atoms with Crippen molar-refractivity contribution in [2.75, 3.05) is 6.61 Å². The second kappa shape index (κ2) is 7.41. The van der Waals surface area contributed by atoms with Crippen LogP contribution in [0.2, 0.25) is 0 Å². The quantitative estimate of drug-likeness (QED) is 0.815. The molecule has 0 unspecified atom stereocenters. The predicted octanol–water partition coefficient (Wildman–Crippen LogP) is 3.31. The first kappa shape index (κ1) is 15.8. The van der Waals surface area contributed by atoms with Crippen LogP contribution in [-0.4, -0.2) is 28.6 Å². The van der Waals surface area contributed by atoms with Crippen molar-refractivity contribution in [2.24, 2.45) is 5.92 Å². The van der Waals surface area contributed by atoms with E-state index in [0.29, 0.717) is 12.3 Å². The van der Waals surface area contributed by atoms with Crippen molar-refractivity contribution in [1.82, 2.24) is 4.90 Å². The van der Waals surface area contributed by atoms with Crippen LogP contribution in [0.25, 0.3) is 0 Å². The van der Waals surface area contributed by atoms with Crippen LogP contribution in [-0.2, 0) is 4.79 Å². The summed E-state index contributed by atoms with van der Waals surface area (Å²) in [6, 6.07) is 9.71. The lowest BCUT2D eigenvalue weighted by molar-refractivity contribution is -0.143. The number of carbonyl (C=O) groups excluding carboxylic acids is 1. The first-order valence-corrected chi connectivity index (χ1v) is 7.80. The third-order valence-corrected chi connectivity index (χ3v) is 4.54. The van der Waals surface area contributed by atoms with Crippen LogP contribution in [0.5, 0.6) is 0 Å². The lowest BCUT2D eigenvalue weighted by atomic mass is 9.83. The summed E-state index contributed by atoms with van der Waals surface area (Å²) in [5, 5.41) is 9.87. The molecule has 1 aromatic carbocycles. The number of aliphatic hydroxyl groups excluding tert-OH is 1. The molecule has 0 aliphatic carbocycles. The van der Waals surface area contributed by atoms with E-state index in [0.717, 1.165) is 24.8 Å². The largest absolute Gasteiger partial charge is 0.394 e. The van der Waals surface area contributed by atoms with Crippen molar-refractivity contribution in [1.29, 1.82) is 0 Å². The van der Waals surface area contributed by atoms with Crippen LogP contribution >= 0.6 is 0 Å². The van der Waals surface area contributed by atoms with Gasteiger partial charge in [-0.15, -0.1) is 6.58 Å². The SMILES string of the molecule is C=CC[C@@H]1[C@H](CC)CCC(=O)N1[C@@H](CO)c1ccccc1. The molecule has 0 bridgehead atoms. The van der Waals surface area contributed by atoms with E-state index in [1.165, 1.54) is 0 Å². The molecule has 1 N–H and O–H groups in total. The van der Waals surface area contributed by atoms with Gasteiger partial charge in [-0.25, -0.2) is 0 Å². The molecule has 2 rings (SSSR count). The van der Waals surface area contributed by atoms with E-state index in [4.69, 9.17) is 0 Å². The Balaban J connectivity index is 2.34. The molecule has 21 heavy (non-hydrogen) atoms. The van der Waals surface area contributed by atoms with E-state index in [1.54, 1.807) is 0 Å². The molecule has 3 nitrogen and oxygen atoms in total. The Morgan fingerprint density at radius 3 is 2.71 bits per heavy atom. The minimum absolute atomic E-state index is 0.0418. The maximum absolute atomic E-state index is 12.5. The number of carbonyl (C=O) groups is 1. The molecule has 0 saturated carbocycles. The zero-order valence-corrected chi connectivity index (χ0v) is 12.7. The van der Waals surface area contributed by atoms with Gasteiger partial charge in [0.2, 0.25) is 5.91 Å². The van der Waals surface area contributed by atoms with E-state index in [9.17, 15) is 9.90 Å². The van der Waals surface area contributed by atoms with Gasteiger partial charge in [-0.05, 0) is 24.3 Å². The van der Waals surface area contributed by atoms with Gasteiger partial charge in [-0.2, -0.15) is 0 Å². The summed E-state index contributed by atoms with van der Waals surface area (Å²) >= 11 is 0. The van der Waals surface area contributed by atoms with E-state index in [2.05, 4.69) is 13.5 Å². The summed E-state index contributed by atoms with van der Waals surface area (Å²) in [5.41, 5.74) is 0.999. The summed E-state index contributed by atoms with van der Waals surface area (Å²) < 4.78 is 0. The zero-order valence-electron chi connectivity index (χ0n) is 12.7. The number of benzene rings is 1. The number of hydrogen-bond donors (Lipinski definition) is 1. The highest BCUT2D eigenvalue weighted by molar-refractivity contribution is 5.78. The minimum atomic E-state index is -0.252. The maximum atomic E-state index is 12.5. The van der Waals surface area contributed by atoms with Gasteiger partial charge in [0.1, 0.15) is 0 Å². The molecule has 1 heterocycles. The Morgan fingerprint density at radius 2 is 2.14 bits per heavy atom. The minimum Gasteiger partial charge on any atom is -0.394 e. The Kier molecular flexibility index (Phi) is 5.57. The topological polar surface area (TPSA) is 40.5 Å². The summed E-state index contributed by atoms with van der Waals surface area (Å²) in [7, 11) is 0. The van der Waals surface area contributed by atoms with Gasteiger partial charge >= 0.3 is 0 Å². The van der Waals surface area contributed by atoms with Crippen molar-refractivity contribution >= 4 is 5.91 Å². The second-order valence-electron chi connectivity index (χ2n) is 5.71. The van der Waals surface area contributed by atoms with Crippen molar-refractivity contribution < 1.29 is 9.90 Å². The van der Waals surface area contributed by atoms with E-state index in [-0.39, 0.29) is 24.6 Å². The molecule has 1 fully saturated rings. The van der Waals surface area contributed by atoms with Crippen molar-refractivity contribution in [3.05, 3.63) is 48.6 Å². The summed E-state index contributed by atoms with van der Waals surface area (Å²) in [5.74, 6) is 0.632.